The highest BCUT2D eigenvalue weighted by Gasteiger charge is 2.54. The number of carbonyl (C=O) groups is 1. The Hall–Kier alpha value is -1.81. The van der Waals surface area contributed by atoms with Crippen LogP contribution in [0, 0.1) is 5.92 Å². The van der Waals surface area contributed by atoms with Crippen molar-refractivity contribution in [3.63, 3.8) is 0 Å². The average Bonchev–Trinajstić information content (AvgIpc) is 2.92. The third kappa shape index (κ3) is 3.27. The number of carbonyl (C=O) groups excluding carboxylic acids is 1. The standard InChI is InChI=1S/C14H19FN3O7P/c1-7-9(6-23-26(22)17-8(2)11(20)25-26)24-12(14(7,3)15)18-5-4-10(19)16-13(18)21/h4-5,7-9,12H,6H2,1-3H3,(H,17,22)(H,16,19,21)/t7-,8+,9-,12-,14-,26?/m1/s1. The average molecular weight is 391 g/mol. The van der Waals surface area contributed by atoms with Crippen LogP contribution in [0.2, 0.25) is 0 Å². The lowest BCUT2D eigenvalue weighted by Crippen LogP contribution is -2.40. The Bertz CT molecular complexity index is 882. The number of aromatic amines is 1. The molecule has 144 valence electrons. The Morgan fingerprint density at radius 2 is 2.08 bits per heavy atom. The SMILES string of the molecule is C[C@@H]1NP(=O)(OC[C@H]2O[C@@H](n3ccc(=O)[nH]c3=O)[C@](C)(F)[C@@H]2C)OC1=O. The lowest BCUT2D eigenvalue weighted by molar-refractivity contribution is -0.134. The second-order valence-corrected chi connectivity index (χ2v) is 8.23. The van der Waals surface area contributed by atoms with Crippen LogP contribution >= 0.6 is 7.75 Å². The van der Waals surface area contributed by atoms with Gasteiger partial charge in [-0.1, -0.05) is 6.92 Å². The Morgan fingerprint density at radius 3 is 2.65 bits per heavy atom. The third-order valence-electron chi connectivity index (χ3n) is 4.66. The van der Waals surface area contributed by atoms with Crippen LogP contribution in [0.1, 0.15) is 27.0 Å². The van der Waals surface area contributed by atoms with Gasteiger partial charge in [0.2, 0.25) is 0 Å². The van der Waals surface area contributed by atoms with Crippen LogP contribution in [0.3, 0.4) is 0 Å². The third-order valence-corrected chi connectivity index (χ3v) is 6.28. The van der Waals surface area contributed by atoms with Crippen molar-refractivity contribution in [1.29, 1.82) is 0 Å². The predicted molar refractivity (Wildman–Crippen MR) is 86.2 cm³/mol. The zero-order chi connectivity index (χ0) is 19.3. The number of halogens is 1. The Kier molecular flexibility index (Phi) is 4.68. The summed E-state index contributed by atoms with van der Waals surface area (Å²) in [7, 11) is -3.83. The molecular formula is C14H19FN3O7P. The molecule has 0 aliphatic carbocycles. The summed E-state index contributed by atoms with van der Waals surface area (Å²) < 4.78 is 43.9. The minimum Gasteiger partial charge on any atom is -0.379 e. The Morgan fingerprint density at radius 1 is 1.38 bits per heavy atom. The summed E-state index contributed by atoms with van der Waals surface area (Å²) >= 11 is 0. The highest BCUT2D eigenvalue weighted by Crippen LogP contribution is 2.51. The van der Waals surface area contributed by atoms with Crippen LogP contribution in [0.15, 0.2) is 21.9 Å². The highest BCUT2D eigenvalue weighted by molar-refractivity contribution is 7.52. The first kappa shape index (κ1) is 19.0. The summed E-state index contributed by atoms with van der Waals surface area (Å²) in [6, 6.07) is 0.304. The van der Waals surface area contributed by atoms with E-state index < -0.39 is 54.9 Å². The Labute approximate surface area is 147 Å². The maximum atomic E-state index is 15.2. The molecule has 0 bridgehead atoms. The molecule has 1 aromatic rings. The lowest BCUT2D eigenvalue weighted by Gasteiger charge is -2.25. The molecule has 0 radical (unpaired) electrons. The van der Waals surface area contributed by atoms with Gasteiger partial charge in [-0.3, -0.25) is 18.9 Å². The van der Waals surface area contributed by atoms with Crippen molar-refractivity contribution in [3.8, 4) is 0 Å². The number of nitrogens with zero attached hydrogens (tertiary/aromatic N) is 1. The van der Waals surface area contributed by atoms with Crippen molar-refractivity contribution in [2.45, 2.75) is 44.8 Å². The number of hydrogen-bond acceptors (Lipinski definition) is 7. The van der Waals surface area contributed by atoms with E-state index in [-0.39, 0.29) is 6.61 Å². The first-order valence-corrected chi connectivity index (χ1v) is 9.49. The summed E-state index contributed by atoms with van der Waals surface area (Å²) in [4.78, 5) is 36.5. The number of ether oxygens (including phenoxy) is 1. The van der Waals surface area contributed by atoms with E-state index in [0.29, 0.717) is 0 Å². The van der Waals surface area contributed by atoms with E-state index in [9.17, 15) is 18.9 Å². The van der Waals surface area contributed by atoms with Gasteiger partial charge < -0.3 is 9.26 Å². The molecule has 2 saturated heterocycles. The molecule has 0 amide bonds. The second-order valence-electron chi connectivity index (χ2n) is 6.54. The number of alkyl halides is 1. The molecule has 1 unspecified atom stereocenters. The molecule has 12 heteroatoms. The van der Waals surface area contributed by atoms with Gasteiger partial charge >= 0.3 is 19.4 Å². The van der Waals surface area contributed by atoms with Crippen molar-refractivity contribution >= 4 is 13.7 Å². The molecule has 2 aliphatic rings. The van der Waals surface area contributed by atoms with Crippen molar-refractivity contribution < 1.29 is 27.5 Å². The molecular weight excluding hydrogens is 372 g/mol. The van der Waals surface area contributed by atoms with Gasteiger partial charge in [-0.2, -0.15) is 5.09 Å². The van der Waals surface area contributed by atoms with Crippen LogP contribution in [-0.2, 0) is 23.1 Å². The van der Waals surface area contributed by atoms with E-state index in [4.69, 9.17) is 13.8 Å². The van der Waals surface area contributed by atoms with E-state index in [2.05, 4.69) is 5.09 Å². The normalized spacial score (nSPS) is 39.9. The minimum absolute atomic E-state index is 0.320. The fraction of sp³-hybridized carbons (Fsp3) is 0.643. The molecule has 1 aromatic heterocycles. The molecule has 0 spiro atoms. The summed E-state index contributed by atoms with van der Waals surface area (Å²) in [5.74, 6) is -1.45. The molecule has 2 fully saturated rings. The van der Waals surface area contributed by atoms with E-state index in [1.165, 1.54) is 13.8 Å². The van der Waals surface area contributed by atoms with Crippen LogP contribution in [0.4, 0.5) is 4.39 Å². The van der Waals surface area contributed by atoms with Crippen LogP contribution < -0.4 is 16.3 Å². The number of nitrogens with one attached hydrogen (secondary N) is 2. The predicted octanol–water partition coefficient (Wildman–Crippen LogP) is 0.458. The minimum atomic E-state index is -3.83. The van der Waals surface area contributed by atoms with Gasteiger partial charge in [-0.05, 0) is 13.8 Å². The van der Waals surface area contributed by atoms with E-state index in [1.807, 2.05) is 4.98 Å². The molecule has 2 N–H and O–H groups in total. The monoisotopic (exact) mass is 391 g/mol. The van der Waals surface area contributed by atoms with Gasteiger partial charge in [-0.25, -0.2) is 18.5 Å². The van der Waals surface area contributed by atoms with Gasteiger partial charge in [0.05, 0.1) is 12.7 Å². The molecule has 6 atom stereocenters. The van der Waals surface area contributed by atoms with Gasteiger partial charge in [0.1, 0.15) is 6.04 Å². The number of hydrogen-bond donors (Lipinski definition) is 2. The summed E-state index contributed by atoms with van der Waals surface area (Å²) in [5, 5.41) is 2.42. The molecule has 0 saturated carbocycles. The molecule has 2 aliphatic heterocycles. The number of aromatic nitrogens is 2. The van der Waals surface area contributed by atoms with E-state index in [1.54, 1.807) is 6.92 Å². The summed E-state index contributed by atoms with van der Waals surface area (Å²) in [5.41, 5.74) is -3.40. The van der Waals surface area contributed by atoms with Gasteiger partial charge in [0.15, 0.2) is 11.9 Å². The maximum absolute atomic E-state index is 15.2. The first-order chi connectivity index (χ1) is 12.0. The van der Waals surface area contributed by atoms with Crippen molar-refractivity contribution in [3.05, 3.63) is 33.1 Å². The van der Waals surface area contributed by atoms with Crippen LogP contribution in [-0.4, -0.2) is 39.9 Å². The zero-order valence-corrected chi connectivity index (χ0v) is 15.2. The molecule has 26 heavy (non-hydrogen) atoms. The lowest BCUT2D eigenvalue weighted by atomic mass is 9.90. The molecule has 10 nitrogen and oxygen atoms in total. The van der Waals surface area contributed by atoms with E-state index in [0.717, 1.165) is 16.8 Å². The summed E-state index contributed by atoms with van der Waals surface area (Å²) in [6.07, 6.45) is -1.03. The summed E-state index contributed by atoms with van der Waals surface area (Å²) in [6.45, 7) is 3.96. The number of H-pyrrole nitrogens is 1. The zero-order valence-electron chi connectivity index (χ0n) is 14.3. The largest absolute Gasteiger partial charge is 0.461 e. The smallest absolute Gasteiger partial charge is 0.379 e. The fourth-order valence-electron chi connectivity index (χ4n) is 2.89. The van der Waals surface area contributed by atoms with Gasteiger partial charge in [0, 0.05) is 18.2 Å². The van der Waals surface area contributed by atoms with Crippen molar-refractivity contribution in [2.24, 2.45) is 5.92 Å². The fourth-order valence-corrected chi connectivity index (χ4v) is 4.38. The molecule has 3 heterocycles. The Balaban J connectivity index is 1.77. The second kappa shape index (κ2) is 6.41. The molecule has 0 aromatic carbocycles. The van der Waals surface area contributed by atoms with Gasteiger partial charge in [0.25, 0.3) is 5.56 Å². The quantitative estimate of drug-likeness (QED) is 0.709. The van der Waals surface area contributed by atoms with E-state index >= 15 is 4.39 Å². The van der Waals surface area contributed by atoms with Gasteiger partial charge in [-0.15, -0.1) is 0 Å². The van der Waals surface area contributed by atoms with Crippen LogP contribution in [0.25, 0.3) is 0 Å². The molecule has 3 rings (SSSR count). The number of rotatable bonds is 4. The highest BCUT2D eigenvalue weighted by atomic mass is 31.2. The van der Waals surface area contributed by atoms with Crippen molar-refractivity contribution in [1.82, 2.24) is 14.6 Å². The van der Waals surface area contributed by atoms with Crippen LogP contribution in [0.5, 0.6) is 0 Å². The topological polar surface area (TPSA) is 129 Å². The first-order valence-electron chi connectivity index (χ1n) is 7.95. The van der Waals surface area contributed by atoms with Crippen molar-refractivity contribution in [2.75, 3.05) is 6.61 Å². The maximum Gasteiger partial charge on any atom is 0.461 e.